The average Bonchev–Trinajstić information content (AvgIpc) is 2.75. The fourth-order valence-electron chi connectivity index (χ4n) is 2.09. The summed E-state index contributed by atoms with van der Waals surface area (Å²) in [7, 11) is 0. The van der Waals surface area contributed by atoms with Crippen LogP contribution in [0.3, 0.4) is 0 Å². The molecule has 1 aromatic rings. The van der Waals surface area contributed by atoms with Crippen LogP contribution < -0.4 is 10.4 Å². The van der Waals surface area contributed by atoms with E-state index in [0.717, 1.165) is 0 Å². The SMILES string of the molecule is O.O=c1ncc2c([nH]1)O[C@H]1[C@H](O)[C@@H](CO)O[C@@H]21. The lowest BCUT2D eigenvalue weighted by atomic mass is 10.1. The molecule has 8 nitrogen and oxygen atoms in total. The van der Waals surface area contributed by atoms with Gasteiger partial charge in [0.25, 0.3) is 0 Å². The zero-order chi connectivity index (χ0) is 11.3. The van der Waals surface area contributed by atoms with Gasteiger partial charge in [-0.1, -0.05) is 0 Å². The van der Waals surface area contributed by atoms with E-state index in [1.807, 2.05) is 0 Å². The standard InChI is InChI=1S/C9H10N2O5.H2O/c12-2-4-5(13)7-6(15-4)3-1-10-9(14)11-8(3)16-7;/h1,4-7,12-13H,2H2,(H,10,11,14);1H2/t4-,5-,6+,7+;/m1./s1. The number of hydrogen-bond acceptors (Lipinski definition) is 6. The summed E-state index contributed by atoms with van der Waals surface area (Å²) in [5, 5.41) is 18.7. The van der Waals surface area contributed by atoms with Gasteiger partial charge in [-0.2, -0.15) is 0 Å². The van der Waals surface area contributed by atoms with Crippen LogP contribution in [-0.2, 0) is 4.74 Å². The van der Waals surface area contributed by atoms with E-state index >= 15 is 0 Å². The number of hydrogen-bond donors (Lipinski definition) is 3. The number of aromatic amines is 1. The molecule has 0 saturated carbocycles. The molecule has 17 heavy (non-hydrogen) atoms. The van der Waals surface area contributed by atoms with Gasteiger partial charge in [-0.15, -0.1) is 0 Å². The minimum absolute atomic E-state index is 0. The fourth-order valence-corrected chi connectivity index (χ4v) is 2.09. The second-order valence-corrected chi connectivity index (χ2v) is 3.82. The topological polar surface area (TPSA) is 136 Å². The van der Waals surface area contributed by atoms with E-state index in [1.165, 1.54) is 6.20 Å². The third kappa shape index (κ3) is 1.62. The third-order valence-corrected chi connectivity index (χ3v) is 2.88. The maximum Gasteiger partial charge on any atom is 0.347 e. The van der Waals surface area contributed by atoms with Crippen molar-refractivity contribution in [2.24, 2.45) is 0 Å². The monoisotopic (exact) mass is 244 g/mol. The number of rotatable bonds is 1. The minimum Gasteiger partial charge on any atom is -0.469 e. The van der Waals surface area contributed by atoms with Crippen LogP contribution in [0.25, 0.3) is 0 Å². The molecule has 0 spiro atoms. The number of H-pyrrole nitrogens is 1. The number of aliphatic hydroxyl groups excluding tert-OH is 2. The summed E-state index contributed by atoms with van der Waals surface area (Å²) in [6.45, 7) is -0.274. The Hall–Kier alpha value is -1.48. The van der Waals surface area contributed by atoms with Gasteiger partial charge < -0.3 is 25.2 Å². The summed E-state index contributed by atoms with van der Waals surface area (Å²) in [6.07, 6.45) is -1.27. The molecular formula is C9H12N2O6. The zero-order valence-corrected chi connectivity index (χ0v) is 8.66. The van der Waals surface area contributed by atoms with Gasteiger partial charge in [0.15, 0.2) is 6.10 Å². The molecule has 8 heteroatoms. The molecule has 3 heterocycles. The molecule has 0 amide bonds. The summed E-state index contributed by atoms with van der Waals surface area (Å²) < 4.78 is 10.8. The first-order chi connectivity index (χ1) is 7.70. The van der Waals surface area contributed by atoms with Gasteiger partial charge >= 0.3 is 5.69 Å². The highest BCUT2D eigenvalue weighted by Crippen LogP contribution is 2.43. The highest BCUT2D eigenvalue weighted by molar-refractivity contribution is 5.33. The Balaban J connectivity index is 0.00000108. The van der Waals surface area contributed by atoms with Crippen molar-refractivity contribution in [1.82, 2.24) is 9.97 Å². The second-order valence-electron chi connectivity index (χ2n) is 3.82. The summed E-state index contributed by atoms with van der Waals surface area (Å²) in [4.78, 5) is 17.0. The summed E-state index contributed by atoms with van der Waals surface area (Å²) in [6, 6.07) is 0. The smallest absolute Gasteiger partial charge is 0.347 e. The molecule has 0 aliphatic carbocycles. The van der Waals surface area contributed by atoms with Crippen molar-refractivity contribution < 1.29 is 25.2 Å². The summed E-state index contributed by atoms with van der Waals surface area (Å²) in [5.41, 5.74) is 0.0894. The number of aromatic nitrogens is 2. The first-order valence-electron chi connectivity index (χ1n) is 4.91. The minimum atomic E-state index is -0.911. The lowest BCUT2D eigenvalue weighted by Crippen LogP contribution is -2.34. The predicted octanol–water partition coefficient (Wildman–Crippen LogP) is -2.50. The van der Waals surface area contributed by atoms with Gasteiger partial charge in [0.2, 0.25) is 5.88 Å². The van der Waals surface area contributed by atoms with Gasteiger partial charge in [-0.3, -0.25) is 4.98 Å². The van der Waals surface area contributed by atoms with E-state index in [-0.39, 0.29) is 18.0 Å². The van der Waals surface area contributed by atoms with Crippen molar-refractivity contribution in [2.75, 3.05) is 6.61 Å². The summed E-state index contributed by atoms with van der Waals surface area (Å²) in [5.74, 6) is 0.283. The molecule has 0 radical (unpaired) electrons. The maximum absolute atomic E-state index is 11.0. The van der Waals surface area contributed by atoms with Crippen LogP contribution in [0.4, 0.5) is 0 Å². The van der Waals surface area contributed by atoms with E-state index in [1.54, 1.807) is 0 Å². The van der Waals surface area contributed by atoms with E-state index in [2.05, 4.69) is 9.97 Å². The van der Waals surface area contributed by atoms with Crippen molar-refractivity contribution in [3.8, 4) is 5.88 Å². The molecule has 5 N–H and O–H groups in total. The molecule has 0 bridgehead atoms. The van der Waals surface area contributed by atoms with Gasteiger partial charge in [-0.05, 0) is 0 Å². The normalized spacial score (nSPS) is 33.5. The molecule has 3 rings (SSSR count). The highest BCUT2D eigenvalue weighted by atomic mass is 16.6. The highest BCUT2D eigenvalue weighted by Gasteiger charge is 2.51. The second kappa shape index (κ2) is 4.08. The van der Waals surface area contributed by atoms with Crippen molar-refractivity contribution in [1.29, 1.82) is 0 Å². The Bertz CT molecular complexity index is 475. The number of ether oxygens (including phenoxy) is 2. The molecule has 0 aromatic carbocycles. The van der Waals surface area contributed by atoms with Crippen LogP contribution >= 0.6 is 0 Å². The van der Waals surface area contributed by atoms with E-state index in [4.69, 9.17) is 14.6 Å². The van der Waals surface area contributed by atoms with Crippen LogP contribution in [0.2, 0.25) is 0 Å². The Morgan fingerprint density at radius 3 is 3.00 bits per heavy atom. The molecule has 1 fully saturated rings. The number of fused-ring (bicyclic) bond motifs is 3. The maximum atomic E-state index is 11.0. The van der Waals surface area contributed by atoms with Crippen molar-refractivity contribution >= 4 is 0 Å². The zero-order valence-electron chi connectivity index (χ0n) is 8.66. The van der Waals surface area contributed by atoms with Crippen LogP contribution in [0.1, 0.15) is 11.7 Å². The van der Waals surface area contributed by atoms with Crippen LogP contribution in [0.15, 0.2) is 11.0 Å². The molecular weight excluding hydrogens is 232 g/mol. The Morgan fingerprint density at radius 2 is 2.29 bits per heavy atom. The Morgan fingerprint density at radius 1 is 1.53 bits per heavy atom. The van der Waals surface area contributed by atoms with Crippen molar-refractivity contribution in [3.05, 3.63) is 22.2 Å². The molecule has 94 valence electrons. The predicted molar refractivity (Wildman–Crippen MR) is 53.6 cm³/mol. The van der Waals surface area contributed by atoms with Gasteiger partial charge in [-0.25, -0.2) is 9.78 Å². The quantitative estimate of drug-likeness (QED) is 0.499. The summed E-state index contributed by atoms with van der Waals surface area (Å²) >= 11 is 0. The molecule has 1 aromatic heterocycles. The first kappa shape index (κ1) is 12.0. The number of aliphatic hydroxyl groups is 2. The third-order valence-electron chi connectivity index (χ3n) is 2.88. The number of nitrogens with one attached hydrogen (secondary N) is 1. The van der Waals surface area contributed by atoms with Crippen LogP contribution in [-0.4, -0.2) is 50.6 Å². The van der Waals surface area contributed by atoms with Crippen LogP contribution in [0, 0.1) is 0 Å². The van der Waals surface area contributed by atoms with Crippen molar-refractivity contribution in [2.45, 2.75) is 24.4 Å². The van der Waals surface area contributed by atoms with Gasteiger partial charge in [0.1, 0.15) is 18.3 Å². The largest absolute Gasteiger partial charge is 0.469 e. The van der Waals surface area contributed by atoms with E-state index in [9.17, 15) is 9.90 Å². The van der Waals surface area contributed by atoms with Gasteiger partial charge in [0.05, 0.1) is 12.2 Å². The first-order valence-corrected chi connectivity index (χ1v) is 4.91. The lowest BCUT2D eigenvalue weighted by molar-refractivity contribution is -0.0234. The average molecular weight is 244 g/mol. The lowest BCUT2D eigenvalue weighted by Gasteiger charge is -2.14. The molecule has 2 aliphatic heterocycles. The van der Waals surface area contributed by atoms with Crippen LogP contribution in [0.5, 0.6) is 5.88 Å². The molecule has 1 saturated heterocycles. The molecule has 2 aliphatic rings. The molecule has 0 unspecified atom stereocenters. The molecule has 4 atom stereocenters. The Kier molecular flexibility index (Phi) is 2.87. The van der Waals surface area contributed by atoms with E-state index in [0.29, 0.717) is 5.56 Å². The number of nitrogens with zero attached hydrogens (tertiary/aromatic N) is 1. The van der Waals surface area contributed by atoms with E-state index < -0.39 is 30.1 Å². The Labute approximate surface area is 95.1 Å². The van der Waals surface area contributed by atoms with Crippen molar-refractivity contribution in [3.63, 3.8) is 0 Å². The van der Waals surface area contributed by atoms with Gasteiger partial charge in [0, 0.05) is 6.20 Å². The fraction of sp³-hybridized carbons (Fsp3) is 0.556.